The number of allylic oxidation sites excluding steroid dienone is 3. The second-order valence-corrected chi connectivity index (χ2v) is 6.56. The quantitative estimate of drug-likeness (QED) is 0.216. The molecule has 0 atom stereocenters. The summed E-state index contributed by atoms with van der Waals surface area (Å²) in [5.41, 5.74) is 2.09. The highest BCUT2D eigenvalue weighted by Crippen LogP contribution is 2.41. The van der Waals surface area contributed by atoms with Crippen molar-refractivity contribution in [3.63, 3.8) is 0 Å². The zero-order valence-electron chi connectivity index (χ0n) is 18.0. The first-order chi connectivity index (χ1) is 14.5. The number of ketones is 1. The zero-order chi connectivity index (χ0) is 21.9. The Kier molecular flexibility index (Phi) is 9.18. The van der Waals surface area contributed by atoms with Gasteiger partial charge in [-0.3, -0.25) is 4.79 Å². The molecule has 0 aliphatic heterocycles. The Morgan fingerprint density at radius 2 is 1.80 bits per heavy atom. The Morgan fingerprint density at radius 3 is 2.40 bits per heavy atom. The fourth-order valence-electron chi connectivity index (χ4n) is 2.70. The molecule has 0 aliphatic carbocycles. The number of furan rings is 1. The molecule has 0 amide bonds. The number of ether oxygens (including phenoxy) is 5. The minimum Gasteiger partial charge on any atom is -0.496 e. The molecule has 30 heavy (non-hydrogen) atoms. The molecule has 2 rings (SSSR count). The van der Waals surface area contributed by atoms with Crippen molar-refractivity contribution in [1.29, 1.82) is 0 Å². The molecular formula is C23H28O7. The van der Waals surface area contributed by atoms with Crippen LogP contribution in [0.5, 0.6) is 17.2 Å². The average molecular weight is 416 g/mol. The normalized spacial score (nSPS) is 10.8. The molecule has 7 nitrogen and oxygen atoms in total. The van der Waals surface area contributed by atoms with Crippen LogP contribution in [-0.2, 0) is 15.9 Å². The molecule has 0 unspecified atom stereocenters. The van der Waals surface area contributed by atoms with E-state index in [-0.39, 0.29) is 24.9 Å². The highest BCUT2D eigenvalue weighted by Gasteiger charge is 2.25. The Balaban J connectivity index is 2.62. The first-order valence-corrected chi connectivity index (χ1v) is 9.38. The van der Waals surface area contributed by atoms with E-state index in [4.69, 9.17) is 28.1 Å². The molecule has 7 heteroatoms. The fourth-order valence-corrected chi connectivity index (χ4v) is 2.70. The van der Waals surface area contributed by atoms with Crippen LogP contribution < -0.4 is 14.2 Å². The van der Waals surface area contributed by atoms with Crippen LogP contribution in [0.25, 0.3) is 6.08 Å². The number of rotatable bonds is 12. The lowest BCUT2D eigenvalue weighted by Gasteiger charge is -2.20. The molecule has 0 aliphatic rings. The van der Waals surface area contributed by atoms with Gasteiger partial charge in [-0.2, -0.15) is 0 Å². The fraction of sp³-hybridized carbons (Fsp3) is 0.348. The molecule has 1 heterocycles. The van der Waals surface area contributed by atoms with Gasteiger partial charge in [-0.1, -0.05) is 11.6 Å². The van der Waals surface area contributed by atoms with Gasteiger partial charge in [0.2, 0.25) is 0 Å². The minimum absolute atomic E-state index is 0.0408. The lowest BCUT2D eigenvalue weighted by atomic mass is 9.99. The Morgan fingerprint density at radius 1 is 1.07 bits per heavy atom. The molecule has 1 aromatic carbocycles. The molecule has 0 bridgehead atoms. The number of carbonyl (C=O) groups excluding carboxylic acids is 1. The second-order valence-electron chi connectivity index (χ2n) is 6.56. The number of benzene rings is 1. The van der Waals surface area contributed by atoms with Crippen LogP contribution in [-0.4, -0.2) is 40.7 Å². The van der Waals surface area contributed by atoms with Gasteiger partial charge in [-0.15, -0.1) is 0 Å². The molecule has 0 radical (unpaired) electrons. The van der Waals surface area contributed by atoms with Crippen LogP contribution >= 0.6 is 0 Å². The SMILES string of the molecule is COCOc1cc(OC)c(C(=O)/C=C/c2ccco2)c(OCOC)c1CC=C(C)C. The van der Waals surface area contributed by atoms with Gasteiger partial charge in [-0.05, 0) is 44.6 Å². The molecule has 0 spiro atoms. The number of hydrogen-bond acceptors (Lipinski definition) is 7. The van der Waals surface area contributed by atoms with Crippen molar-refractivity contribution in [2.75, 3.05) is 34.9 Å². The average Bonchev–Trinajstić information content (AvgIpc) is 3.26. The lowest BCUT2D eigenvalue weighted by molar-refractivity contribution is 0.0441. The van der Waals surface area contributed by atoms with Crippen LogP contribution in [0.4, 0.5) is 0 Å². The van der Waals surface area contributed by atoms with Gasteiger partial charge in [0.05, 0.1) is 13.4 Å². The predicted octanol–water partition coefficient (Wildman–Crippen LogP) is 4.66. The molecule has 1 aromatic heterocycles. The summed E-state index contributed by atoms with van der Waals surface area (Å²) in [4.78, 5) is 13.1. The first-order valence-electron chi connectivity index (χ1n) is 9.38. The second kappa shape index (κ2) is 11.8. The van der Waals surface area contributed by atoms with E-state index in [9.17, 15) is 4.79 Å². The zero-order valence-corrected chi connectivity index (χ0v) is 18.0. The van der Waals surface area contributed by atoms with E-state index in [0.717, 1.165) is 5.57 Å². The monoisotopic (exact) mass is 416 g/mol. The lowest BCUT2D eigenvalue weighted by Crippen LogP contribution is -2.12. The topological polar surface area (TPSA) is 76.4 Å². The molecule has 0 N–H and O–H groups in total. The van der Waals surface area contributed by atoms with E-state index in [0.29, 0.717) is 35.0 Å². The Labute approximate surface area is 176 Å². The van der Waals surface area contributed by atoms with Crippen LogP contribution in [0, 0.1) is 0 Å². The summed E-state index contributed by atoms with van der Waals surface area (Å²) >= 11 is 0. The van der Waals surface area contributed by atoms with Crippen molar-refractivity contribution >= 4 is 11.9 Å². The summed E-state index contributed by atoms with van der Waals surface area (Å²) in [6, 6.07) is 5.17. The third-order valence-electron chi connectivity index (χ3n) is 4.08. The van der Waals surface area contributed by atoms with Crippen molar-refractivity contribution in [2.24, 2.45) is 0 Å². The standard InChI is InChI=1S/C23H28O7/c1-16(2)8-10-18-20(29-14-25-3)13-21(27-5)22(23(18)30-15-26-4)19(24)11-9-17-7-6-12-28-17/h6-9,11-13H,10,14-15H2,1-5H3/b11-9+. The summed E-state index contributed by atoms with van der Waals surface area (Å²) in [5, 5.41) is 0. The largest absolute Gasteiger partial charge is 0.496 e. The number of methoxy groups -OCH3 is 3. The van der Waals surface area contributed by atoms with Crippen molar-refractivity contribution < 1.29 is 32.9 Å². The van der Waals surface area contributed by atoms with Crippen molar-refractivity contribution in [3.8, 4) is 17.2 Å². The summed E-state index contributed by atoms with van der Waals surface area (Å²) in [5.74, 6) is 1.43. The third kappa shape index (κ3) is 6.23. The summed E-state index contributed by atoms with van der Waals surface area (Å²) < 4.78 is 32.5. The maximum Gasteiger partial charge on any atom is 0.193 e. The predicted molar refractivity (Wildman–Crippen MR) is 113 cm³/mol. The number of hydrogen-bond donors (Lipinski definition) is 0. The highest BCUT2D eigenvalue weighted by atomic mass is 16.7. The van der Waals surface area contributed by atoms with Crippen LogP contribution in [0.1, 0.15) is 35.5 Å². The van der Waals surface area contributed by atoms with Gasteiger partial charge in [0.1, 0.15) is 28.6 Å². The van der Waals surface area contributed by atoms with Gasteiger partial charge in [0.15, 0.2) is 19.4 Å². The highest BCUT2D eigenvalue weighted by molar-refractivity contribution is 6.11. The Hall–Kier alpha value is -3.03. The van der Waals surface area contributed by atoms with Crippen LogP contribution in [0.2, 0.25) is 0 Å². The van der Waals surface area contributed by atoms with Crippen molar-refractivity contribution in [3.05, 3.63) is 59.1 Å². The van der Waals surface area contributed by atoms with Crippen LogP contribution in [0.15, 0.2) is 46.6 Å². The van der Waals surface area contributed by atoms with Gasteiger partial charge in [-0.25, -0.2) is 0 Å². The van der Waals surface area contributed by atoms with Crippen LogP contribution in [0.3, 0.4) is 0 Å². The van der Waals surface area contributed by atoms with E-state index < -0.39 is 0 Å². The van der Waals surface area contributed by atoms with E-state index in [1.54, 1.807) is 24.3 Å². The maximum absolute atomic E-state index is 13.1. The van der Waals surface area contributed by atoms with E-state index in [2.05, 4.69) is 0 Å². The van der Waals surface area contributed by atoms with E-state index in [1.165, 1.54) is 33.7 Å². The maximum atomic E-state index is 13.1. The smallest absolute Gasteiger partial charge is 0.193 e. The van der Waals surface area contributed by atoms with E-state index in [1.807, 2.05) is 19.9 Å². The third-order valence-corrected chi connectivity index (χ3v) is 4.08. The summed E-state index contributed by atoms with van der Waals surface area (Å²) in [6.45, 7) is 3.99. The van der Waals surface area contributed by atoms with Crippen molar-refractivity contribution in [1.82, 2.24) is 0 Å². The Bertz CT molecular complexity index is 875. The molecule has 0 fully saturated rings. The molecule has 2 aromatic rings. The molecular weight excluding hydrogens is 388 g/mol. The molecule has 162 valence electrons. The number of carbonyl (C=O) groups is 1. The molecule has 0 saturated carbocycles. The summed E-state index contributed by atoms with van der Waals surface area (Å²) in [7, 11) is 4.53. The van der Waals surface area contributed by atoms with Gasteiger partial charge in [0.25, 0.3) is 0 Å². The minimum atomic E-state index is -0.300. The van der Waals surface area contributed by atoms with E-state index >= 15 is 0 Å². The molecule has 0 saturated heterocycles. The van der Waals surface area contributed by atoms with Gasteiger partial charge >= 0.3 is 0 Å². The van der Waals surface area contributed by atoms with Crippen molar-refractivity contribution in [2.45, 2.75) is 20.3 Å². The summed E-state index contributed by atoms with van der Waals surface area (Å²) in [6.07, 6.45) is 7.06. The first kappa shape index (κ1) is 23.3. The van der Waals surface area contributed by atoms with Gasteiger partial charge in [0, 0.05) is 25.8 Å². The van der Waals surface area contributed by atoms with Gasteiger partial charge < -0.3 is 28.1 Å².